The maximum absolute atomic E-state index is 13.3. The predicted octanol–water partition coefficient (Wildman–Crippen LogP) is 3.27. The zero-order valence-corrected chi connectivity index (χ0v) is 23.1. The van der Waals surface area contributed by atoms with Crippen LogP contribution in [0.5, 0.6) is 6.01 Å². The summed E-state index contributed by atoms with van der Waals surface area (Å²) in [6, 6.07) is 5.15. The van der Waals surface area contributed by atoms with Crippen molar-refractivity contribution in [3.05, 3.63) is 28.9 Å². The minimum Gasteiger partial charge on any atom is -0.461 e. The van der Waals surface area contributed by atoms with Gasteiger partial charge in [0.15, 0.2) is 0 Å². The first-order valence-electron chi connectivity index (χ1n) is 10.8. The molecule has 0 aliphatic carbocycles. The number of nitrogens with zero attached hydrogens (tertiary/aromatic N) is 4. The van der Waals surface area contributed by atoms with Gasteiger partial charge in [0.1, 0.15) is 6.34 Å². The molecule has 1 aromatic heterocycles. The Kier molecular flexibility index (Phi) is 7.47. The fourth-order valence-electron chi connectivity index (χ4n) is 3.10. The van der Waals surface area contributed by atoms with Gasteiger partial charge in [-0.2, -0.15) is 13.4 Å². The van der Waals surface area contributed by atoms with Crippen molar-refractivity contribution >= 4 is 44.9 Å². The molecule has 0 spiro atoms. The summed E-state index contributed by atoms with van der Waals surface area (Å²) in [5.41, 5.74) is 0.120. The molecule has 12 heteroatoms. The number of rotatable bonds is 7. The lowest BCUT2D eigenvalue weighted by molar-refractivity contribution is 0.00578. The Morgan fingerprint density at radius 2 is 1.79 bits per heavy atom. The van der Waals surface area contributed by atoms with Crippen molar-refractivity contribution in [3.8, 4) is 17.3 Å². The molecule has 2 aromatic rings. The highest BCUT2D eigenvalue weighted by atomic mass is 79.9. The molecule has 9 nitrogen and oxygen atoms in total. The number of hydrogen-bond acceptors (Lipinski definition) is 7. The Bertz CT molecular complexity index is 1190. The van der Waals surface area contributed by atoms with E-state index in [1.807, 2.05) is 41.5 Å². The molecule has 1 fully saturated rings. The van der Waals surface area contributed by atoms with Crippen LogP contribution in [0.15, 0.2) is 38.2 Å². The zero-order chi connectivity index (χ0) is 25.5. The predicted molar refractivity (Wildman–Crippen MR) is 136 cm³/mol. The minimum absolute atomic E-state index is 0.0292. The van der Waals surface area contributed by atoms with Crippen LogP contribution >= 0.6 is 15.9 Å². The molecule has 1 saturated heterocycles. The molecule has 184 valence electrons. The molecule has 1 aromatic carbocycles. The van der Waals surface area contributed by atoms with Crippen LogP contribution in [0.4, 0.5) is 0 Å². The summed E-state index contributed by atoms with van der Waals surface area (Å²) in [4.78, 5) is 10.2. The maximum atomic E-state index is 13.3. The molecule has 0 atom stereocenters. The lowest BCUT2D eigenvalue weighted by Crippen LogP contribution is -2.41. The Morgan fingerprint density at radius 3 is 2.35 bits per heavy atom. The summed E-state index contributed by atoms with van der Waals surface area (Å²) >= 11 is 3.46. The van der Waals surface area contributed by atoms with Gasteiger partial charge in [-0.15, -0.1) is 4.40 Å². The Morgan fingerprint density at radius 1 is 1.18 bits per heavy atom. The molecule has 0 saturated carbocycles. The van der Waals surface area contributed by atoms with E-state index >= 15 is 0 Å². The number of ether oxygens (including phenoxy) is 1. The summed E-state index contributed by atoms with van der Waals surface area (Å²) in [6.07, 6.45) is 2.70. The summed E-state index contributed by atoms with van der Waals surface area (Å²) in [6.45, 7) is 11.4. The van der Waals surface area contributed by atoms with E-state index in [0.717, 1.165) is 0 Å². The van der Waals surface area contributed by atoms with Crippen molar-refractivity contribution in [1.82, 2.24) is 14.9 Å². The van der Waals surface area contributed by atoms with Crippen LogP contribution in [0.2, 0.25) is 0 Å². The lowest BCUT2D eigenvalue weighted by Gasteiger charge is -2.32. The molecular weight excluding hydrogens is 523 g/mol. The molecule has 0 unspecified atom stereocenters. The Balaban J connectivity index is 2.17. The first-order valence-corrected chi connectivity index (χ1v) is 13.0. The van der Waals surface area contributed by atoms with Gasteiger partial charge in [-0.1, -0.05) is 12.1 Å². The maximum Gasteiger partial charge on any atom is 0.496 e. The molecule has 3 rings (SSSR count). The van der Waals surface area contributed by atoms with Crippen molar-refractivity contribution in [1.29, 1.82) is 0 Å². The first-order chi connectivity index (χ1) is 15.6. The van der Waals surface area contributed by atoms with Gasteiger partial charge in [0.2, 0.25) is 0 Å². The van der Waals surface area contributed by atoms with Crippen LogP contribution in [0.25, 0.3) is 11.3 Å². The topological polar surface area (TPSA) is 103 Å². The van der Waals surface area contributed by atoms with Crippen LogP contribution in [-0.4, -0.2) is 68.1 Å². The lowest BCUT2D eigenvalue weighted by atomic mass is 9.78. The highest BCUT2D eigenvalue weighted by Gasteiger charge is 2.52. The summed E-state index contributed by atoms with van der Waals surface area (Å²) in [5, 5.41) is 0. The van der Waals surface area contributed by atoms with Gasteiger partial charge in [0.25, 0.3) is 10.0 Å². The summed E-state index contributed by atoms with van der Waals surface area (Å²) in [5.74, 6) is 0. The average Bonchev–Trinajstić information content (AvgIpc) is 2.94. The minimum atomic E-state index is -4.09. The van der Waals surface area contributed by atoms with E-state index in [0.29, 0.717) is 21.2 Å². The van der Waals surface area contributed by atoms with Crippen molar-refractivity contribution in [3.63, 3.8) is 0 Å². The van der Waals surface area contributed by atoms with Crippen LogP contribution < -0.4 is 10.2 Å². The molecule has 34 heavy (non-hydrogen) atoms. The number of aromatic nitrogens is 2. The normalized spacial score (nSPS) is 17.5. The van der Waals surface area contributed by atoms with E-state index < -0.39 is 28.3 Å². The summed E-state index contributed by atoms with van der Waals surface area (Å²) < 4.78 is 48.9. The Labute approximate surface area is 210 Å². The van der Waals surface area contributed by atoms with E-state index in [4.69, 9.17) is 14.0 Å². The van der Waals surface area contributed by atoms with Crippen LogP contribution in [0, 0.1) is 0 Å². The third kappa shape index (κ3) is 5.61. The average molecular weight is 553 g/mol. The molecular formula is C22H30BBrN4O5S. The third-order valence-corrected chi connectivity index (χ3v) is 7.41. The Hall–Kier alpha value is -2.02. The molecule has 2 heterocycles. The number of benzene rings is 1. The van der Waals surface area contributed by atoms with Gasteiger partial charge in [-0.25, -0.2) is 4.98 Å². The summed E-state index contributed by atoms with van der Waals surface area (Å²) in [7, 11) is -1.59. The highest BCUT2D eigenvalue weighted by molar-refractivity contribution is 9.10. The van der Waals surface area contributed by atoms with E-state index in [2.05, 4.69) is 30.3 Å². The van der Waals surface area contributed by atoms with E-state index in [9.17, 15) is 8.42 Å². The van der Waals surface area contributed by atoms with Gasteiger partial charge in [0, 0.05) is 31.3 Å². The molecule has 0 bridgehead atoms. The van der Waals surface area contributed by atoms with Crippen LogP contribution in [0.3, 0.4) is 0 Å². The van der Waals surface area contributed by atoms with Crippen molar-refractivity contribution in [2.24, 2.45) is 4.40 Å². The SMILES string of the molecule is CC(C)Oc1ncc(Br)c(-c2ccc(B3OC(C)(C)C(C)(C)O3)c(S(=O)(=O)N=CN(C)C)c2)n1. The fourth-order valence-corrected chi connectivity index (χ4v) is 4.69. The second-order valence-electron chi connectivity index (χ2n) is 9.52. The van der Waals surface area contributed by atoms with Crippen molar-refractivity contribution in [2.75, 3.05) is 14.1 Å². The van der Waals surface area contributed by atoms with Crippen LogP contribution in [-0.2, 0) is 19.3 Å². The van der Waals surface area contributed by atoms with Crippen molar-refractivity contribution in [2.45, 2.75) is 63.7 Å². The standard InChI is InChI=1S/C22H30BBrN4O5S/c1-14(2)31-20-25-12-17(24)19(27-20)15-9-10-16(23-32-21(3,4)22(5,6)33-23)18(11-15)34(29,30)26-13-28(7)8/h9-14H,1-8H3. The molecule has 0 N–H and O–H groups in total. The monoisotopic (exact) mass is 552 g/mol. The second kappa shape index (κ2) is 9.56. The molecule has 1 aliphatic rings. The molecule has 0 amide bonds. The van der Waals surface area contributed by atoms with E-state index in [-0.39, 0.29) is 17.0 Å². The number of hydrogen-bond donors (Lipinski definition) is 0. The highest BCUT2D eigenvalue weighted by Crippen LogP contribution is 2.37. The van der Waals surface area contributed by atoms with Crippen LogP contribution in [0.1, 0.15) is 41.5 Å². The number of sulfonamides is 1. The van der Waals surface area contributed by atoms with Gasteiger partial charge in [-0.05, 0) is 63.5 Å². The first kappa shape index (κ1) is 26.6. The van der Waals surface area contributed by atoms with Gasteiger partial charge in [0.05, 0.1) is 32.4 Å². The largest absolute Gasteiger partial charge is 0.496 e. The van der Waals surface area contributed by atoms with Gasteiger partial charge >= 0.3 is 13.1 Å². The quantitative estimate of drug-likeness (QED) is 0.293. The molecule has 0 radical (unpaired) electrons. The van der Waals surface area contributed by atoms with Gasteiger partial charge < -0.3 is 18.9 Å². The van der Waals surface area contributed by atoms with Crippen molar-refractivity contribution < 1.29 is 22.5 Å². The second-order valence-corrected chi connectivity index (χ2v) is 12.0. The van der Waals surface area contributed by atoms with E-state index in [1.54, 1.807) is 37.3 Å². The van der Waals surface area contributed by atoms with Gasteiger partial charge in [-0.3, -0.25) is 0 Å². The fraction of sp³-hybridized carbons (Fsp3) is 0.500. The smallest absolute Gasteiger partial charge is 0.461 e. The zero-order valence-electron chi connectivity index (χ0n) is 20.7. The third-order valence-electron chi connectivity index (χ3n) is 5.55. The number of halogens is 1. The van der Waals surface area contributed by atoms with E-state index in [1.165, 1.54) is 12.4 Å². The molecule has 1 aliphatic heterocycles.